The number of hydrogen-bond donors (Lipinski definition) is 1. The van der Waals surface area contributed by atoms with Crippen molar-refractivity contribution >= 4 is 5.97 Å². The molecule has 0 amide bonds. The van der Waals surface area contributed by atoms with Crippen LogP contribution >= 0.6 is 0 Å². The van der Waals surface area contributed by atoms with Crippen molar-refractivity contribution in [1.29, 1.82) is 0 Å². The molecule has 0 aromatic rings. The summed E-state index contributed by atoms with van der Waals surface area (Å²) in [5.41, 5.74) is 0. The lowest BCUT2D eigenvalue weighted by molar-refractivity contribution is -0.137. The molecule has 1 rings (SSSR count). The summed E-state index contributed by atoms with van der Waals surface area (Å²) >= 11 is 0. The summed E-state index contributed by atoms with van der Waals surface area (Å²) in [6, 6.07) is 0. The highest BCUT2D eigenvalue weighted by molar-refractivity contribution is 5.66. The number of aliphatic carboxylic acids is 1. The van der Waals surface area contributed by atoms with Gasteiger partial charge in [-0.05, 0) is 24.2 Å². The Bertz CT molecular complexity index is 171. The highest BCUT2D eigenvalue weighted by Crippen LogP contribution is 2.39. The second-order valence-electron chi connectivity index (χ2n) is 4.53. The minimum absolute atomic E-state index is 0.347. The highest BCUT2D eigenvalue weighted by Gasteiger charge is 2.29. The molecular formula is C11H20O2. The fourth-order valence-corrected chi connectivity index (χ4v) is 2.27. The van der Waals surface area contributed by atoms with E-state index in [0.29, 0.717) is 18.3 Å². The van der Waals surface area contributed by atoms with E-state index in [4.69, 9.17) is 5.11 Å². The Morgan fingerprint density at radius 3 is 2.38 bits per heavy atom. The molecular weight excluding hydrogens is 164 g/mol. The molecule has 0 aliphatic heterocycles. The molecule has 0 spiro atoms. The Kier molecular flexibility index (Phi) is 3.76. The molecule has 1 fully saturated rings. The average molecular weight is 184 g/mol. The van der Waals surface area contributed by atoms with E-state index in [-0.39, 0.29) is 0 Å². The molecule has 2 heteroatoms. The van der Waals surface area contributed by atoms with Gasteiger partial charge in [-0.2, -0.15) is 0 Å². The lowest BCUT2D eigenvalue weighted by Gasteiger charge is -2.36. The molecule has 0 saturated heterocycles. The Morgan fingerprint density at radius 2 is 2.08 bits per heavy atom. The first-order valence-corrected chi connectivity index (χ1v) is 5.33. The standard InChI is InChI=1S/C11H20O2/c1-8(2)10(6-7-11(12)13)9-4-3-5-9/h8-10H,3-7H2,1-2H3,(H,12,13). The molecule has 0 bridgehead atoms. The molecule has 0 aromatic carbocycles. The summed E-state index contributed by atoms with van der Waals surface area (Å²) in [5, 5.41) is 8.62. The van der Waals surface area contributed by atoms with Gasteiger partial charge in [-0.3, -0.25) is 4.79 Å². The van der Waals surface area contributed by atoms with Crippen molar-refractivity contribution in [1.82, 2.24) is 0 Å². The van der Waals surface area contributed by atoms with Gasteiger partial charge in [0.1, 0.15) is 0 Å². The molecule has 1 unspecified atom stereocenters. The zero-order chi connectivity index (χ0) is 9.84. The highest BCUT2D eigenvalue weighted by atomic mass is 16.4. The first-order valence-electron chi connectivity index (χ1n) is 5.33. The maximum Gasteiger partial charge on any atom is 0.303 e. The van der Waals surface area contributed by atoms with Crippen molar-refractivity contribution < 1.29 is 9.90 Å². The maximum absolute atomic E-state index is 10.5. The van der Waals surface area contributed by atoms with Crippen LogP contribution in [0.15, 0.2) is 0 Å². The Hall–Kier alpha value is -0.530. The Balaban J connectivity index is 2.33. The van der Waals surface area contributed by atoms with E-state index in [9.17, 15) is 4.79 Å². The summed E-state index contributed by atoms with van der Waals surface area (Å²) in [6.45, 7) is 4.43. The van der Waals surface area contributed by atoms with E-state index in [0.717, 1.165) is 12.3 Å². The van der Waals surface area contributed by atoms with Crippen molar-refractivity contribution in [3.8, 4) is 0 Å². The normalized spacial score (nSPS) is 19.9. The van der Waals surface area contributed by atoms with Crippen LogP contribution in [-0.4, -0.2) is 11.1 Å². The Morgan fingerprint density at radius 1 is 1.46 bits per heavy atom. The summed E-state index contributed by atoms with van der Waals surface area (Å²) in [4.78, 5) is 10.5. The molecule has 0 radical (unpaired) electrons. The van der Waals surface area contributed by atoms with E-state index >= 15 is 0 Å². The monoisotopic (exact) mass is 184 g/mol. The number of carboxylic acids is 1. The van der Waals surface area contributed by atoms with Gasteiger partial charge in [0.25, 0.3) is 0 Å². The Labute approximate surface area is 80.3 Å². The molecule has 1 aliphatic rings. The SMILES string of the molecule is CC(C)C(CCC(=O)O)C1CCC1. The van der Waals surface area contributed by atoms with E-state index in [1.807, 2.05) is 0 Å². The van der Waals surface area contributed by atoms with Crippen molar-refractivity contribution in [2.75, 3.05) is 0 Å². The quantitative estimate of drug-likeness (QED) is 0.713. The van der Waals surface area contributed by atoms with E-state index in [1.165, 1.54) is 19.3 Å². The summed E-state index contributed by atoms with van der Waals surface area (Å²) in [5.74, 6) is 1.46. The molecule has 2 nitrogen and oxygen atoms in total. The van der Waals surface area contributed by atoms with Crippen LogP contribution in [0.5, 0.6) is 0 Å². The third-order valence-electron chi connectivity index (χ3n) is 3.30. The predicted molar refractivity (Wildman–Crippen MR) is 52.5 cm³/mol. The zero-order valence-electron chi connectivity index (χ0n) is 8.62. The first kappa shape index (κ1) is 10.6. The zero-order valence-corrected chi connectivity index (χ0v) is 8.62. The van der Waals surface area contributed by atoms with Gasteiger partial charge >= 0.3 is 5.97 Å². The van der Waals surface area contributed by atoms with Crippen molar-refractivity contribution in [3.05, 3.63) is 0 Å². The molecule has 1 atom stereocenters. The van der Waals surface area contributed by atoms with Gasteiger partial charge in [-0.25, -0.2) is 0 Å². The van der Waals surface area contributed by atoms with Crippen LogP contribution in [0.4, 0.5) is 0 Å². The van der Waals surface area contributed by atoms with Crippen LogP contribution in [-0.2, 0) is 4.79 Å². The third kappa shape index (κ3) is 3.02. The van der Waals surface area contributed by atoms with E-state index in [2.05, 4.69) is 13.8 Å². The fraction of sp³-hybridized carbons (Fsp3) is 0.909. The van der Waals surface area contributed by atoms with Crippen LogP contribution in [0.2, 0.25) is 0 Å². The van der Waals surface area contributed by atoms with E-state index < -0.39 is 5.97 Å². The third-order valence-corrected chi connectivity index (χ3v) is 3.30. The van der Waals surface area contributed by atoms with Gasteiger partial charge in [0.2, 0.25) is 0 Å². The lowest BCUT2D eigenvalue weighted by Crippen LogP contribution is -2.26. The lowest BCUT2D eigenvalue weighted by atomic mass is 9.70. The number of carboxylic acid groups (broad SMARTS) is 1. The van der Waals surface area contributed by atoms with Gasteiger partial charge in [-0.1, -0.05) is 33.1 Å². The first-order chi connectivity index (χ1) is 6.11. The molecule has 1 aliphatic carbocycles. The minimum Gasteiger partial charge on any atom is -0.481 e. The number of rotatable bonds is 5. The van der Waals surface area contributed by atoms with Crippen LogP contribution in [0, 0.1) is 17.8 Å². The van der Waals surface area contributed by atoms with Gasteiger partial charge < -0.3 is 5.11 Å². The van der Waals surface area contributed by atoms with Gasteiger partial charge in [0.15, 0.2) is 0 Å². The molecule has 0 heterocycles. The van der Waals surface area contributed by atoms with Crippen LogP contribution in [0.1, 0.15) is 46.0 Å². The summed E-state index contributed by atoms with van der Waals surface area (Å²) < 4.78 is 0. The second-order valence-corrected chi connectivity index (χ2v) is 4.53. The predicted octanol–water partition coefficient (Wildman–Crippen LogP) is 2.92. The second kappa shape index (κ2) is 4.64. The minimum atomic E-state index is -0.648. The van der Waals surface area contributed by atoms with Crippen molar-refractivity contribution in [2.45, 2.75) is 46.0 Å². The van der Waals surface area contributed by atoms with Crippen LogP contribution in [0.3, 0.4) is 0 Å². The molecule has 13 heavy (non-hydrogen) atoms. The fourth-order valence-electron chi connectivity index (χ4n) is 2.27. The largest absolute Gasteiger partial charge is 0.481 e. The molecule has 0 aromatic heterocycles. The molecule has 1 saturated carbocycles. The number of hydrogen-bond acceptors (Lipinski definition) is 1. The smallest absolute Gasteiger partial charge is 0.303 e. The van der Waals surface area contributed by atoms with Crippen LogP contribution in [0.25, 0.3) is 0 Å². The van der Waals surface area contributed by atoms with Crippen LogP contribution < -0.4 is 0 Å². The maximum atomic E-state index is 10.5. The summed E-state index contributed by atoms with van der Waals surface area (Å²) in [7, 11) is 0. The van der Waals surface area contributed by atoms with Crippen molar-refractivity contribution in [2.24, 2.45) is 17.8 Å². The van der Waals surface area contributed by atoms with Gasteiger partial charge in [-0.15, -0.1) is 0 Å². The number of carbonyl (C=O) groups is 1. The summed E-state index contributed by atoms with van der Waals surface area (Å²) in [6.07, 6.45) is 5.21. The molecule has 1 N–H and O–H groups in total. The van der Waals surface area contributed by atoms with E-state index in [1.54, 1.807) is 0 Å². The van der Waals surface area contributed by atoms with Gasteiger partial charge in [0, 0.05) is 6.42 Å². The van der Waals surface area contributed by atoms with Crippen molar-refractivity contribution in [3.63, 3.8) is 0 Å². The van der Waals surface area contributed by atoms with Gasteiger partial charge in [0.05, 0.1) is 0 Å². The molecule has 76 valence electrons. The average Bonchev–Trinajstić information content (AvgIpc) is 1.92. The topological polar surface area (TPSA) is 37.3 Å².